The predicted octanol–water partition coefficient (Wildman–Crippen LogP) is 2.77. The van der Waals surface area contributed by atoms with Crippen LogP contribution >= 0.6 is 11.6 Å². The van der Waals surface area contributed by atoms with Gasteiger partial charge < -0.3 is 5.32 Å². The second kappa shape index (κ2) is 5.52. The van der Waals surface area contributed by atoms with E-state index in [9.17, 15) is 0 Å². The van der Waals surface area contributed by atoms with Gasteiger partial charge >= 0.3 is 0 Å². The molecule has 1 N–H and O–H groups in total. The summed E-state index contributed by atoms with van der Waals surface area (Å²) in [6, 6.07) is 8.33. The fourth-order valence-electron chi connectivity index (χ4n) is 1.96. The van der Waals surface area contributed by atoms with Gasteiger partial charge in [-0.15, -0.1) is 11.6 Å². The van der Waals surface area contributed by atoms with Crippen LogP contribution in [-0.4, -0.2) is 21.7 Å². The third-order valence-corrected chi connectivity index (χ3v) is 2.91. The highest BCUT2D eigenvalue weighted by Gasteiger charge is 2.08. The van der Waals surface area contributed by atoms with E-state index in [0.29, 0.717) is 0 Å². The smallest absolute Gasteiger partial charge is 0.0841 e. The highest BCUT2D eigenvalue weighted by Crippen LogP contribution is 2.18. The third kappa shape index (κ3) is 2.79. The minimum Gasteiger partial charge on any atom is -0.310 e. The van der Waals surface area contributed by atoms with Gasteiger partial charge in [0.25, 0.3) is 0 Å². The van der Waals surface area contributed by atoms with E-state index < -0.39 is 0 Å². The molecule has 0 radical (unpaired) electrons. The van der Waals surface area contributed by atoms with Gasteiger partial charge in [-0.2, -0.15) is 5.10 Å². The highest BCUT2D eigenvalue weighted by atomic mass is 35.5. The lowest BCUT2D eigenvalue weighted by molar-refractivity contribution is 0.629. The molecule has 1 aromatic heterocycles. The van der Waals surface area contributed by atoms with Crippen molar-refractivity contribution in [1.29, 1.82) is 0 Å². The van der Waals surface area contributed by atoms with E-state index in [1.807, 2.05) is 17.7 Å². The molecule has 0 fully saturated rings. The number of alkyl halides is 1. The lowest BCUT2D eigenvalue weighted by Crippen LogP contribution is -2.21. The minimum absolute atomic E-state index is 0.148. The Balaban J connectivity index is 2.22. The van der Waals surface area contributed by atoms with Gasteiger partial charge in [-0.25, -0.2) is 0 Å². The molecule has 4 heteroatoms. The van der Waals surface area contributed by atoms with Gasteiger partial charge in [-0.3, -0.25) is 4.68 Å². The number of nitrogens with one attached hydrogen (secondary N) is 1. The van der Waals surface area contributed by atoms with E-state index in [1.54, 1.807) is 0 Å². The standard InChI is InChI=1S/C13H18ClN3/c1-3-17-13-7-5-4-6-11(13)12(16-17)9-15-8-10(2)14/h4-7,10,15H,3,8-9H2,1-2H3. The zero-order chi connectivity index (χ0) is 12.3. The van der Waals surface area contributed by atoms with Crippen molar-refractivity contribution in [2.45, 2.75) is 32.3 Å². The van der Waals surface area contributed by atoms with Crippen LogP contribution in [0.2, 0.25) is 0 Å². The second-order valence-electron chi connectivity index (χ2n) is 4.19. The van der Waals surface area contributed by atoms with E-state index in [2.05, 4.69) is 35.5 Å². The fraction of sp³-hybridized carbons (Fsp3) is 0.462. The number of fused-ring (bicyclic) bond motifs is 1. The summed E-state index contributed by atoms with van der Waals surface area (Å²) in [7, 11) is 0. The first-order valence-corrected chi connectivity index (χ1v) is 6.45. The molecule has 0 aliphatic carbocycles. The van der Waals surface area contributed by atoms with Crippen molar-refractivity contribution in [3.63, 3.8) is 0 Å². The summed E-state index contributed by atoms with van der Waals surface area (Å²) < 4.78 is 2.04. The molecule has 3 nitrogen and oxygen atoms in total. The summed E-state index contributed by atoms with van der Waals surface area (Å²) in [5.41, 5.74) is 2.30. The Hall–Kier alpha value is -1.06. The molecule has 0 saturated heterocycles. The van der Waals surface area contributed by atoms with Gasteiger partial charge in [-0.1, -0.05) is 18.2 Å². The van der Waals surface area contributed by atoms with Gasteiger partial charge in [0, 0.05) is 30.4 Å². The zero-order valence-electron chi connectivity index (χ0n) is 10.3. The van der Waals surface area contributed by atoms with Crippen molar-refractivity contribution >= 4 is 22.5 Å². The van der Waals surface area contributed by atoms with Crippen molar-refractivity contribution in [2.75, 3.05) is 6.54 Å². The lowest BCUT2D eigenvalue weighted by atomic mass is 10.2. The number of aromatic nitrogens is 2. The first-order valence-electron chi connectivity index (χ1n) is 6.01. The van der Waals surface area contributed by atoms with Gasteiger partial charge in [0.1, 0.15) is 0 Å². The Bertz CT molecular complexity index is 490. The van der Waals surface area contributed by atoms with Gasteiger partial charge in [-0.05, 0) is 19.9 Å². The Morgan fingerprint density at radius 3 is 2.88 bits per heavy atom. The molecule has 1 atom stereocenters. The summed E-state index contributed by atoms with van der Waals surface area (Å²) in [6.07, 6.45) is 0. The zero-order valence-corrected chi connectivity index (χ0v) is 11.0. The molecule has 0 bridgehead atoms. The fourth-order valence-corrected chi connectivity index (χ4v) is 2.07. The van der Waals surface area contributed by atoms with Crippen molar-refractivity contribution in [2.24, 2.45) is 0 Å². The van der Waals surface area contributed by atoms with Crippen LogP contribution in [0, 0.1) is 0 Å². The molecule has 1 unspecified atom stereocenters. The Kier molecular flexibility index (Phi) is 4.02. The third-order valence-electron chi connectivity index (χ3n) is 2.75. The van der Waals surface area contributed by atoms with Gasteiger partial charge in [0.05, 0.1) is 11.2 Å². The topological polar surface area (TPSA) is 29.9 Å². The molecule has 0 aliphatic heterocycles. The van der Waals surface area contributed by atoms with E-state index in [4.69, 9.17) is 11.6 Å². The van der Waals surface area contributed by atoms with E-state index in [1.165, 1.54) is 10.9 Å². The van der Waals surface area contributed by atoms with E-state index in [0.717, 1.165) is 25.3 Å². The molecule has 1 aromatic carbocycles. The number of rotatable bonds is 5. The number of benzene rings is 1. The van der Waals surface area contributed by atoms with Crippen molar-refractivity contribution in [3.8, 4) is 0 Å². The number of hydrogen-bond donors (Lipinski definition) is 1. The summed E-state index contributed by atoms with van der Waals surface area (Å²) in [4.78, 5) is 0. The largest absolute Gasteiger partial charge is 0.310 e. The lowest BCUT2D eigenvalue weighted by Gasteiger charge is -2.03. The quantitative estimate of drug-likeness (QED) is 0.829. The Labute approximate surface area is 107 Å². The number of hydrogen-bond acceptors (Lipinski definition) is 2. The number of para-hydroxylation sites is 1. The monoisotopic (exact) mass is 251 g/mol. The Morgan fingerprint density at radius 1 is 1.41 bits per heavy atom. The summed E-state index contributed by atoms with van der Waals surface area (Å²) in [5, 5.41) is 9.31. The van der Waals surface area contributed by atoms with Crippen LogP contribution in [0.15, 0.2) is 24.3 Å². The molecular formula is C13H18ClN3. The molecule has 1 heterocycles. The molecule has 2 rings (SSSR count). The molecule has 2 aromatic rings. The van der Waals surface area contributed by atoms with E-state index >= 15 is 0 Å². The summed E-state index contributed by atoms with van der Waals surface area (Å²) in [6.45, 7) is 6.56. The van der Waals surface area contributed by atoms with Crippen LogP contribution < -0.4 is 5.32 Å². The first kappa shape index (κ1) is 12.4. The average molecular weight is 252 g/mol. The summed E-state index contributed by atoms with van der Waals surface area (Å²) in [5.74, 6) is 0. The van der Waals surface area contributed by atoms with Crippen LogP contribution in [0.1, 0.15) is 19.5 Å². The maximum atomic E-state index is 5.91. The highest BCUT2D eigenvalue weighted by molar-refractivity contribution is 6.20. The molecule has 0 saturated carbocycles. The maximum absolute atomic E-state index is 5.91. The number of aryl methyl sites for hydroxylation is 1. The Morgan fingerprint density at radius 2 is 2.18 bits per heavy atom. The van der Waals surface area contributed by atoms with Crippen LogP contribution in [0.4, 0.5) is 0 Å². The molecule has 92 valence electrons. The maximum Gasteiger partial charge on any atom is 0.0841 e. The second-order valence-corrected chi connectivity index (χ2v) is 4.94. The van der Waals surface area contributed by atoms with Gasteiger partial charge in [0.2, 0.25) is 0 Å². The van der Waals surface area contributed by atoms with Crippen LogP contribution in [-0.2, 0) is 13.1 Å². The number of nitrogens with zero attached hydrogens (tertiary/aromatic N) is 2. The SMILES string of the molecule is CCn1nc(CNCC(C)Cl)c2ccccc21. The van der Waals surface area contributed by atoms with Crippen molar-refractivity contribution in [1.82, 2.24) is 15.1 Å². The molecule has 0 aliphatic rings. The van der Waals surface area contributed by atoms with E-state index in [-0.39, 0.29) is 5.38 Å². The van der Waals surface area contributed by atoms with Crippen molar-refractivity contribution < 1.29 is 0 Å². The molecule has 0 spiro atoms. The van der Waals surface area contributed by atoms with Crippen LogP contribution in [0.5, 0.6) is 0 Å². The van der Waals surface area contributed by atoms with Crippen molar-refractivity contribution in [3.05, 3.63) is 30.0 Å². The first-order chi connectivity index (χ1) is 8.22. The molecule has 17 heavy (non-hydrogen) atoms. The minimum atomic E-state index is 0.148. The van der Waals surface area contributed by atoms with Crippen LogP contribution in [0.3, 0.4) is 0 Å². The average Bonchev–Trinajstić information content (AvgIpc) is 2.68. The predicted molar refractivity (Wildman–Crippen MR) is 72.4 cm³/mol. The van der Waals surface area contributed by atoms with Crippen LogP contribution in [0.25, 0.3) is 10.9 Å². The van der Waals surface area contributed by atoms with Gasteiger partial charge in [0.15, 0.2) is 0 Å². The molecule has 0 amide bonds. The number of halogens is 1. The normalized spacial score (nSPS) is 13.1. The molecular weight excluding hydrogens is 234 g/mol. The summed E-state index contributed by atoms with van der Waals surface area (Å²) >= 11 is 5.91.